The molecule has 2 aromatic carbocycles. The van der Waals surface area contributed by atoms with E-state index in [0.717, 1.165) is 22.3 Å². The Bertz CT molecular complexity index is 1160. The van der Waals surface area contributed by atoms with E-state index >= 15 is 0 Å². The van der Waals surface area contributed by atoms with Gasteiger partial charge in [0.25, 0.3) is 0 Å². The number of rotatable bonds is 7. The topological polar surface area (TPSA) is 97.0 Å². The molecule has 1 aliphatic rings. The van der Waals surface area contributed by atoms with Crippen molar-refractivity contribution in [3.63, 3.8) is 0 Å². The van der Waals surface area contributed by atoms with Gasteiger partial charge in [-0.05, 0) is 48.7 Å². The Balaban J connectivity index is 1.34. The smallest absolute Gasteiger partial charge is 0.224 e. The number of aromatic nitrogens is 2. The third-order valence-corrected chi connectivity index (χ3v) is 5.34. The molecule has 1 aromatic heterocycles. The van der Waals surface area contributed by atoms with Gasteiger partial charge in [0, 0.05) is 25.6 Å². The number of hydrogen-bond donors (Lipinski definition) is 1. The van der Waals surface area contributed by atoms with Gasteiger partial charge in [0.2, 0.25) is 5.91 Å². The molecular formula is C23H22N4O3. The molecule has 0 saturated heterocycles. The number of carbonyl (C=O) groups is 2. The van der Waals surface area contributed by atoms with Crippen LogP contribution in [0.2, 0.25) is 0 Å². The Kier molecular flexibility index (Phi) is 5.48. The maximum absolute atomic E-state index is 12.7. The van der Waals surface area contributed by atoms with Gasteiger partial charge in [-0.2, -0.15) is 5.26 Å². The fourth-order valence-corrected chi connectivity index (χ4v) is 3.73. The van der Waals surface area contributed by atoms with Crippen molar-refractivity contribution in [2.75, 3.05) is 11.9 Å². The lowest BCUT2D eigenvalue weighted by molar-refractivity contribution is -0.119. The van der Waals surface area contributed by atoms with Crippen molar-refractivity contribution < 1.29 is 14.3 Å². The van der Waals surface area contributed by atoms with Crippen LogP contribution in [0.1, 0.15) is 36.6 Å². The van der Waals surface area contributed by atoms with Crippen LogP contribution in [-0.2, 0) is 23.1 Å². The molecule has 1 atom stereocenters. The molecule has 3 aromatic rings. The van der Waals surface area contributed by atoms with Crippen LogP contribution in [0.5, 0.6) is 5.75 Å². The molecule has 152 valence electrons. The van der Waals surface area contributed by atoms with Crippen molar-refractivity contribution in [3.05, 3.63) is 53.9 Å². The third-order valence-electron chi connectivity index (χ3n) is 5.34. The molecule has 7 nitrogen and oxygen atoms in total. The highest BCUT2D eigenvalue weighted by molar-refractivity contribution is 5.94. The first-order valence-corrected chi connectivity index (χ1v) is 9.96. The maximum atomic E-state index is 12.7. The molecule has 1 unspecified atom stereocenters. The highest BCUT2D eigenvalue weighted by Gasteiger charge is 2.25. The normalized spacial score (nSPS) is 13.9. The van der Waals surface area contributed by atoms with Gasteiger partial charge in [0.05, 0.1) is 23.7 Å². The number of nitrogens with one attached hydrogen (secondary N) is 1. The molecule has 1 N–H and O–H groups in total. The number of nitriles is 1. The van der Waals surface area contributed by atoms with Gasteiger partial charge in [-0.3, -0.25) is 9.59 Å². The van der Waals surface area contributed by atoms with E-state index in [1.54, 1.807) is 0 Å². The number of ether oxygens (including phenoxy) is 1. The minimum Gasteiger partial charge on any atom is -0.494 e. The standard InChI is InChI=1S/C23H22N4O3/c1-27-20-6-3-2-5-19(20)26-23(27)17(14-24)21(28)7-4-12-30-16-9-10-18-15(13-16)8-11-22(29)25-18/h2-3,5-6,9-10,13,17H,4,7-8,11-12H2,1H3,(H,25,29). The Hall–Kier alpha value is -3.66. The number of nitrogens with zero attached hydrogens (tertiary/aromatic N) is 3. The first kappa shape index (κ1) is 19.6. The molecule has 30 heavy (non-hydrogen) atoms. The van der Waals surface area contributed by atoms with Gasteiger partial charge in [0.1, 0.15) is 11.6 Å². The van der Waals surface area contributed by atoms with Crippen molar-refractivity contribution in [3.8, 4) is 11.8 Å². The molecular weight excluding hydrogens is 380 g/mol. The first-order chi connectivity index (χ1) is 14.6. The number of para-hydroxylation sites is 2. The molecule has 0 saturated carbocycles. The van der Waals surface area contributed by atoms with Crippen LogP contribution in [0.4, 0.5) is 5.69 Å². The summed E-state index contributed by atoms with van der Waals surface area (Å²) in [5, 5.41) is 12.4. The SMILES string of the molecule is Cn1c(C(C#N)C(=O)CCCOc2ccc3c(c2)CCC(=O)N3)nc2ccccc21. The quantitative estimate of drug-likeness (QED) is 0.610. The lowest BCUT2D eigenvalue weighted by atomic mass is 10.0. The largest absolute Gasteiger partial charge is 0.494 e. The van der Waals surface area contributed by atoms with Crippen LogP contribution in [0.15, 0.2) is 42.5 Å². The maximum Gasteiger partial charge on any atom is 0.224 e. The fourth-order valence-electron chi connectivity index (χ4n) is 3.73. The third kappa shape index (κ3) is 3.90. The Morgan fingerprint density at radius 2 is 2.13 bits per heavy atom. The average molecular weight is 402 g/mol. The van der Waals surface area contributed by atoms with Crippen molar-refractivity contribution in [2.45, 2.75) is 31.6 Å². The van der Waals surface area contributed by atoms with Crippen molar-refractivity contribution in [1.29, 1.82) is 5.26 Å². The van der Waals surface area contributed by atoms with Crippen LogP contribution >= 0.6 is 0 Å². The van der Waals surface area contributed by atoms with E-state index in [2.05, 4.69) is 16.4 Å². The van der Waals surface area contributed by atoms with E-state index in [1.807, 2.05) is 54.1 Å². The second kappa shape index (κ2) is 8.37. The minimum absolute atomic E-state index is 0.0299. The zero-order valence-corrected chi connectivity index (χ0v) is 16.7. The average Bonchev–Trinajstić information content (AvgIpc) is 3.08. The van der Waals surface area contributed by atoms with E-state index < -0.39 is 5.92 Å². The number of amides is 1. The summed E-state index contributed by atoms with van der Waals surface area (Å²) < 4.78 is 7.58. The highest BCUT2D eigenvalue weighted by Crippen LogP contribution is 2.27. The molecule has 2 heterocycles. The number of Topliss-reactive ketones (excluding diaryl/α,β-unsaturated/α-hetero) is 1. The zero-order valence-electron chi connectivity index (χ0n) is 16.7. The van der Waals surface area contributed by atoms with Gasteiger partial charge in [0.15, 0.2) is 11.7 Å². The van der Waals surface area contributed by atoms with E-state index in [-0.39, 0.29) is 18.1 Å². The number of aryl methyl sites for hydroxylation is 2. The summed E-state index contributed by atoms with van der Waals surface area (Å²) in [5.41, 5.74) is 3.55. The highest BCUT2D eigenvalue weighted by atomic mass is 16.5. The summed E-state index contributed by atoms with van der Waals surface area (Å²) in [5.74, 6) is 0.163. The van der Waals surface area contributed by atoms with Gasteiger partial charge in [-0.1, -0.05) is 12.1 Å². The molecule has 0 spiro atoms. The van der Waals surface area contributed by atoms with Crippen LogP contribution in [-0.4, -0.2) is 27.8 Å². The molecule has 0 fully saturated rings. The number of ketones is 1. The summed E-state index contributed by atoms with van der Waals surface area (Å²) in [7, 11) is 1.82. The minimum atomic E-state index is -0.894. The summed E-state index contributed by atoms with van der Waals surface area (Å²) in [6, 6.07) is 15.3. The van der Waals surface area contributed by atoms with Crippen molar-refractivity contribution in [2.24, 2.45) is 7.05 Å². The van der Waals surface area contributed by atoms with Crippen LogP contribution < -0.4 is 10.1 Å². The summed E-state index contributed by atoms with van der Waals surface area (Å²) in [6.07, 6.45) is 1.92. The van der Waals surface area contributed by atoms with E-state index in [4.69, 9.17) is 4.74 Å². The number of anilines is 1. The number of fused-ring (bicyclic) bond motifs is 2. The van der Waals surface area contributed by atoms with Crippen molar-refractivity contribution in [1.82, 2.24) is 9.55 Å². The molecule has 4 rings (SSSR count). The second-order valence-corrected chi connectivity index (χ2v) is 7.37. The number of benzene rings is 2. The first-order valence-electron chi connectivity index (χ1n) is 9.96. The van der Waals surface area contributed by atoms with Gasteiger partial charge in [-0.25, -0.2) is 4.98 Å². The molecule has 7 heteroatoms. The van der Waals surface area contributed by atoms with E-state index in [0.29, 0.717) is 37.4 Å². The van der Waals surface area contributed by atoms with E-state index in [1.165, 1.54) is 0 Å². The molecule has 0 aliphatic carbocycles. The predicted octanol–water partition coefficient (Wildman–Crippen LogP) is 3.49. The Morgan fingerprint density at radius 1 is 1.30 bits per heavy atom. The summed E-state index contributed by atoms with van der Waals surface area (Å²) in [6.45, 7) is 0.373. The number of carbonyl (C=O) groups excluding carboxylic acids is 2. The number of imidazole rings is 1. The molecule has 0 radical (unpaired) electrons. The van der Waals surface area contributed by atoms with Gasteiger partial charge < -0.3 is 14.6 Å². The Morgan fingerprint density at radius 3 is 2.93 bits per heavy atom. The van der Waals surface area contributed by atoms with Gasteiger partial charge in [-0.15, -0.1) is 0 Å². The van der Waals surface area contributed by atoms with Crippen LogP contribution in [0, 0.1) is 11.3 Å². The Labute approximate surface area is 174 Å². The lowest BCUT2D eigenvalue weighted by Gasteiger charge is -2.17. The summed E-state index contributed by atoms with van der Waals surface area (Å²) >= 11 is 0. The monoisotopic (exact) mass is 402 g/mol. The van der Waals surface area contributed by atoms with E-state index in [9.17, 15) is 14.9 Å². The van der Waals surface area contributed by atoms with Crippen LogP contribution in [0.25, 0.3) is 11.0 Å². The number of hydrogen-bond acceptors (Lipinski definition) is 5. The molecule has 0 bridgehead atoms. The molecule has 1 aliphatic heterocycles. The zero-order chi connectivity index (χ0) is 21.1. The van der Waals surface area contributed by atoms with Gasteiger partial charge >= 0.3 is 0 Å². The second-order valence-electron chi connectivity index (χ2n) is 7.37. The van der Waals surface area contributed by atoms with Crippen LogP contribution in [0.3, 0.4) is 0 Å². The lowest BCUT2D eigenvalue weighted by Crippen LogP contribution is -2.18. The summed E-state index contributed by atoms with van der Waals surface area (Å²) in [4.78, 5) is 28.6. The fraction of sp³-hybridized carbons (Fsp3) is 0.304. The van der Waals surface area contributed by atoms with Crippen molar-refractivity contribution >= 4 is 28.4 Å². The predicted molar refractivity (Wildman–Crippen MR) is 112 cm³/mol. The molecule has 1 amide bonds.